The molecule has 1 saturated heterocycles. The minimum atomic E-state index is -1.11. The molecule has 1 aliphatic rings. The lowest BCUT2D eigenvalue weighted by molar-refractivity contribution is -0.141. The number of methoxy groups -OCH3 is 1. The van der Waals surface area contributed by atoms with E-state index in [1.165, 1.54) is 18.0 Å². The van der Waals surface area contributed by atoms with Crippen molar-refractivity contribution in [3.8, 4) is 0 Å². The largest absolute Gasteiger partial charge is 0.476 e. The van der Waals surface area contributed by atoms with Gasteiger partial charge in [0.15, 0.2) is 5.69 Å². The van der Waals surface area contributed by atoms with E-state index in [0.29, 0.717) is 13.1 Å². The number of carboxylic acids is 1. The Morgan fingerprint density at radius 1 is 1.59 bits per heavy atom. The summed E-state index contributed by atoms with van der Waals surface area (Å²) in [5.74, 6) is -1.19. The fraction of sp³-hybridized carbons (Fsp3) is 0.556. The van der Waals surface area contributed by atoms with Gasteiger partial charge in [-0.1, -0.05) is 5.21 Å². The van der Waals surface area contributed by atoms with Gasteiger partial charge < -0.3 is 14.7 Å². The van der Waals surface area contributed by atoms with Gasteiger partial charge in [0.05, 0.1) is 12.2 Å². The van der Waals surface area contributed by atoms with Crippen molar-refractivity contribution in [1.82, 2.24) is 19.9 Å². The Kier molecular flexibility index (Phi) is 3.05. The summed E-state index contributed by atoms with van der Waals surface area (Å²) in [5, 5.41) is 15.9. The standard InChI is InChI=1S/C9H12N4O4/c1-17-5-8(14)12-2-6(3-12)13-4-7(9(15)16)10-11-13/h4,6H,2-3,5H2,1H3,(H,15,16). The molecule has 8 heteroatoms. The van der Waals surface area contributed by atoms with Gasteiger partial charge >= 0.3 is 5.97 Å². The SMILES string of the molecule is COCC(=O)N1CC(n2cc(C(=O)O)nn2)C1. The molecular formula is C9H12N4O4. The third-order valence-electron chi connectivity index (χ3n) is 2.59. The van der Waals surface area contributed by atoms with E-state index in [2.05, 4.69) is 10.3 Å². The molecule has 0 atom stereocenters. The van der Waals surface area contributed by atoms with E-state index >= 15 is 0 Å². The lowest BCUT2D eigenvalue weighted by atomic mass is 10.1. The molecule has 0 bridgehead atoms. The molecule has 0 unspecified atom stereocenters. The summed E-state index contributed by atoms with van der Waals surface area (Å²) in [5.41, 5.74) is -0.0910. The Hall–Kier alpha value is -1.96. The molecule has 1 aromatic rings. The highest BCUT2D eigenvalue weighted by Crippen LogP contribution is 2.20. The number of carboxylic acid groups (broad SMARTS) is 1. The van der Waals surface area contributed by atoms with Crippen LogP contribution in [0.3, 0.4) is 0 Å². The molecule has 1 N–H and O–H groups in total. The summed E-state index contributed by atoms with van der Waals surface area (Å²) in [6, 6.07) is -0.00333. The number of aromatic nitrogens is 3. The minimum Gasteiger partial charge on any atom is -0.476 e. The van der Waals surface area contributed by atoms with Gasteiger partial charge in [0, 0.05) is 20.2 Å². The topological polar surface area (TPSA) is 97.5 Å². The van der Waals surface area contributed by atoms with Crippen molar-refractivity contribution in [2.45, 2.75) is 6.04 Å². The lowest BCUT2D eigenvalue weighted by Gasteiger charge is -2.38. The molecule has 1 aliphatic heterocycles. The molecule has 0 saturated carbocycles. The van der Waals surface area contributed by atoms with Gasteiger partial charge in [0.1, 0.15) is 6.61 Å². The highest BCUT2D eigenvalue weighted by atomic mass is 16.5. The molecule has 8 nitrogen and oxygen atoms in total. The Balaban J connectivity index is 1.90. The van der Waals surface area contributed by atoms with Crippen LogP contribution in [0.5, 0.6) is 0 Å². The Morgan fingerprint density at radius 2 is 2.29 bits per heavy atom. The highest BCUT2D eigenvalue weighted by molar-refractivity contribution is 5.84. The van der Waals surface area contributed by atoms with E-state index in [0.717, 1.165) is 0 Å². The smallest absolute Gasteiger partial charge is 0.358 e. The molecule has 1 amide bonds. The third kappa shape index (κ3) is 2.26. The molecule has 0 spiro atoms. The van der Waals surface area contributed by atoms with Crippen molar-refractivity contribution in [1.29, 1.82) is 0 Å². The quantitative estimate of drug-likeness (QED) is 0.725. The second kappa shape index (κ2) is 4.50. The summed E-state index contributed by atoms with van der Waals surface area (Å²) in [4.78, 5) is 23.6. The first-order valence-electron chi connectivity index (χ1n) is 5.03. The van der Waals surface area contributed by atoms with E-state index < -0.39 is 5.97 Å². The predicted octanol–water partition coefficient (Wildman–Crippen LogP) is -0.994. The first-order chi connectivity index (χ1) is 8.11. The molecule has 92 valence electrons. The van der Waals surface area contributed by atoms with Crippen molar-refractivity contribution in [3.63, 3.8) is 0 Å². The van der Waals surface area contributed by atoms with Crippen LogP contribution in [0.4, 0.5) is 0 Å². The summed E-state index contributed by atoms with van der Waals surface area (Å²) in [6.07, 6.45) is 1.37. The summed E-state index contributed by atoms with van der Waals surface area (Å²) >= 11 is 0. The van der Waals surface area contributed by atoms with Crippen LogP contribution in [0, 0.1) is 0 Å². The van der Waals surface area contributed by atoms with Crippen LogP contribution < -0.4 is 0 Å². The molecular weight excluding hydrogens is 228 g/mol. The van der Waals surface area contributed by atoms with Crippen molar-refractivity contribution >= 4 is 11.9 Å². The minimum absolute atomic E-state index is 0.00333. The van der Waals surface area contributed by atoms with E-state index in [1.54, 1.807) is 4.90 Å². The lowest BCUT2D eigenvalue weighted by Crippen LogP contribution is -2.52. The van der Waals surface area contributed by atoms with E-state index in [-0.39, 0.29) is 24.2 Å². The summed E-state index contributed by atoms with van der Waals surface area (Å²) < 4.78 is 6.21. The van der Waals surface area contributed by atoms with Gasteiger partial charge in [-0.05, 0) is 0 Å². The number of ether oxygens (including phenoxy) is 1. The zero-order chi connectivity index (χ0) is 12.4. The molecule has 2 heterocycles. The summed E-state index contributed by atoms with van der Waals surface area (Å²) in [6.45, 7) is 1.07. The van der Waals surface area contributed by atoms with Crippen LogP contribution in [-0.2, 0) is 9.53 Å². The first kappa shape index (κ1) is 11.5. The maximum Gasteiger partial charge on any atom is 0.358 e. The number of amides is 1. The number of aromatic carboxylic acids is 1. The van der Waals surface area contributed by atoms with Crippen LogP contribution in [0.15, 0.2) is 6.20 Å². The second-order valence-electron chi connectivity index (χ2n) is 3.77. The van der Waals surface area contributed by atoms with Crippen LogP contribution in [0.25, 0.3) is 0 Å². The van der Waals surface area contributed by atoms with Gasteiger partial charge in [-0.15, -0.1) is 5.10 Å². The van der Waals surface area contributed by atoms with Crippen LogP contribution >= 0.6 is 0 Å². The van der Waals surface area contributed by atoms with Crippen molar-refractivity contribution < 1.29 is 19.4 Å². The molecule has 1 fully saturated rings. The predicted molar refractivity (Wildman–Crippen MR) is 54.5 cm³/mol. The second-order valence-corrected chi connectivity index (χ2v) is 3.77. The van der Waals surface area contributed by atoms with Crippen LogP contribution in [0.2, 0.25) is 0 Å². The molecule has 0 aromatic carbocycles. The fourth-order valence-corrected chi connectivity index (χ4v) is 1.59. The van der Waals surface area contributed by atoms with Gasteiger partial charge in [-0.2, -0.15) is 0 Å². The van der Waals surface area contributed by atoms with Gasteiger partial charge in [0.2, 0.25) is 5.91 Å². The van der Waals surface area contributed by atoms with E-state index in [1.807, 2.05) is 0 Å². The maximum atomic E-state index is 11.4. The van der Waals surface area contributed by atoms with Gasteiger partial charge in [-0.3, -0.25) is 4.79 Å². The molecule has 1 aromatic heterocycles. The number of rotatable bonds is 4. The Morgan fingerprint density at radius 3 is 2.82 bits per heavy atom. The zero-order valence-corrected chi connectivity index (χ0v) is 9.24. The monoisotopic (exact) mass is 240 g/mol. The average Bonchev–Trinajstić information content (AvgIpc) is 2.65. The Labute approximate surface area is 96.8 Å². The zero-order valence-electron chi connectivity index (χ0n) is 9.24. The molecule has 2 rings (SSSR count). The average molecular weight is 240 g/mol. The Bertz CT molecular complexity index is 438. The normalized spacial score (nSPS) is 15.7. The number of likely N-dealkylation sites (tertiary alicyclic amines) is 1. The van der Waals surface area contributed by atoms with Gasteiger partial charge in [-0.25, -0.2) is 9.48 Å². The summed E-state index contributed by atoms with van der Waals surface area (Å²) in [7, 11) is 1.46. The maximum absolute atomic E-state index is 11.4. The number of carbonyl (C=O) groups excluding carboxylic acids is 1. The molecule has 0 radical (unpaired) electrons. The van der Waals surface area contributed by atoms with E-state index in [4.69, 9.17) is 9.84 Å². The van der Waals surface area contributed by atoms with Crippen molar-refractivity contribution in [2.24, 2.45) is 0 Å². The first-order valence-corrected chi connectivity index (χ1v) is 5.03. The van der Waals surface area contributed by atoms with Crippen molar-refractivity contribution in [3.05, 3.63) is 11.9 Å². The number of nitrogens with zero attached hydrogens (tertiary/aromatic N) is 4. The number of hydrogen-bond donors (Lipinski definition) is 1. The molecule has 17 heavy (non-hydrogen) atoms. The van der Waals surface area contributed by atoms with Crippen molar-refractivity contribution in [2.75, 3.05) is 26.8 Å². The van der Waals surface area contributed by atoms with Crippen LogP contribution in [-0.4, -0.2) is 63.7 Å². The van der Waals surface area contributed by atoms with Gasteiger partial charge in [0.25, 0.3) is 0 Å². The number of hydrogen-bond acceptors (Lipinski definition) is 5. The fourth-order valence-electron chi connectivity index (χ4n) is 1.59. The highest BCUT2D eigenvalue weighted by Gasteiger charge is 2.32. The molecule has 0 aliphatic carbocycles. The number of carbonyl (C=O) groups is 2. The van der Waals surface area contributed by atoms with E-state index in [9.17, 15) is 9.59 Å². The van der Waals surface area contributed by atoms with Crippen LogP contribution in [0.1, 0.15) is 16.5 Å². The third-order valence-corrected chi connectivity index (χ3v) is 2.59.